The van der Waals surface area contributed by atoms with Crippen LogP contribution in [-0.4, -0.2) is 23.0 Å². The third-order valence-corrected chi connectivity index (χ3v) is 3.22. The number of aliphatic carboxylic acids is 1. The molecule has 0 heterocycles. The van der Waals surface area contributed by atoms with Gasteiger partial charge in [-0.3, -0.25) is 9.59 Å². The lowest BCUT2D eigenvalue weighted by Gasteiger charge is -2.19. The van der Waals surface area contributed by atoms with Gasteiger partial charge in [0.25, 0.3) is 5.91 Å². The summed E-state index contributed by atoms with van der Waals surface area (Å²) >= 11 is 0. The molecule has 6 heteroatoms. The maximum Gasteiger partial charge on any atom is 0.325 e. The Morgan fingerprint density at radius 3 is 2.26 bits per heavy atom. The molecule has 0 saturated carbocycles. The van der Waals surface area contributed by atoms with Crippen molar-refractivity contribution in [2.24, 2.45) is 0 Å². The molecule has 0 saturated heterocycles. The molecule has 1 amide bonds. The number of carboxylic acid groups (broad SMARTS) is 1. The van der Waals surface area contributed by atoms with E-state index in [1.807, 2.05) is 24.3 Å². The number of carbonyl (C=O) groups excluding carboxylic acids is 1. The van der Waals surface area contributed by atoms with Crippen molar-refractivity contribution in [3.8, 4) is 6.07 Å². The molecule has 0 fully saturated rings. The first-order valence-electron chi connectivity index (χ1n) is 7.16. The van der Waals surface area contributed by atoms with Crippen molar-refractivity contribution in [1.82, 2.24) is 5.32 Å². The number of carboxylic acids is 1. The van der Waals surface area contributed by atoms with E-state index in [0.29, 0.717) is 0 Å². The summed E-state index contributed by atoms with van der Waals surface area (Å²) in [7, 11) is 0. The number of hydrogen-bond donors (Lipinski definition) is 3. The van der Waals surface area contributed by atoms with Crippen LogP contribution in [0.3, 0.4) is 0 Å². The average molecular weight is 315 g/mol. The summed E-state index contributed by atoms with van der Waals surface area (Å²) in [4.78, 5) is 22.5. The van der Waals surface area contributed by atoms with E-state index in [2.05, 4.69) is 31.4 Å². The van der Waals surface area contributed by atoms with E-state index in [0.717, 1.165) is 5.69 Å². The lowest BCUT2D eigenvalue weighted by Crippen LogP contribution is -2.39. The van der Waals surface area contributed by atoms with E-state index in [-0.39, 0.29) is 11.0 Å². The minimum atomic E-state index is -1.17. The molecule has 1 unspecified atom stereocenters. The van der Waals surface area contributed by atoms with Crippen LogP contribution in [0, 0.1) is 11.3 Å². The monoisotopic (exact) mass is 315 g/mol. The summed E-state index contributed by atoms with van der Waals surface area (Å²) in [6.07, 6.45) is 1.26. The second-order valence-corrected chi connectivity index (χ2v) is 6.17. The fourth-order valence-electron chi connectivity index (χ4n) is 1.71. The van der Waals surface area contributed by atoms with Crippen molar-refractivity contribution in [2.45, 2.75) is 39.2 Å². The van der Waals surface area contributed by atoms with Crippen molar-refractivity contribution in [3.05, 3.63) is 41.6 Å². The molecule has 1 aromatic rings. The number of nitrogens with zero attached hydrogens (tertiary/aromatic N) is 1. The Morgan fingerprint density at radius 1 is 1.26 bits per heavy atom. The number of carbonyl (C=O) groups is 2. The molecule has 1 rings (SSSR count). The normalized spacial score (nSPS) is 12.9. The van der Waals surface area contributed by atoms with E-state index in [9.17, 15) is 9.59 Å². The highest BCUT2D eigenvalue weighted by atomic mass is 16.4. The third-order valence-electron chi connectivity index (χ3n) is 3.22. The zero-order valence-electron chi connectivity index (χ0n) is 13.7. The topological polar surface area (TPSA) is 102 Å². The van der Waals surface area contributed by atoms with Gasteiger partial charge in [-0.05, 0) is 30.0 Å². The van der Waals surface area contributed by atoms with Crippen LogP contribution in [0.4, 0.5) is 5.69 Å². The van der Waals surface area contributed by atoms with Crippen molar-refractivity contribution in [2.75, 3.05) is 5.32 Å². The van der Waals surface area contributed by atoms with Crippen LogP contribution in [0.1, 0.15) is 33.3 Å². The van der Waals surface area contributed by atoms with E-state index in [1.165, 1.54) is 18.7 Å². The second kappa shape index (κ2) is 7.45. The van der Waals surface area contributed by atoms with Gasteiger partial charge in [-0.1, -0.05) is 32.9 Å². The average Bonchev–Trinajstić information content (AvgIpc) is 2.47. The number of nitrogens with one attached hydrogen (secondary N) is 2. The lowest BCUT2D eigenvalue weighted by atomic mass is 9.87. The van der Waals surface area contributed by atoms with Crippen LogP contribution in [0.2, 0.25) is 0 Å². The molecule has 0 aliphatic heterocycles. The number of anilines is 1. The zero-order valence-corrected chi connectivity index (χ0v) is 13.7. The Bertz CT molecular complexity index is 649. The maximum absolute atomic E-state index is 11.8. The Balaban J connectivity index is 2.79. The summed E-state index contributed by atoms with van der Waals surface area (Å²) < 4.78 is 0. The number of amides is 1. The Labute approximate surface area is 135 Å². The first kappa shape index (κ1) is 18.2. The van der Waals surface area contributed by atoms with Crippen LogP contribution in [0.5, 0.6) is 0 Å². The number of nitriles is 1. The predicted octanol–water partition coefficient (Wildman–Crippen LogP) is 2.39. The molecule has 122 valence electrons. The van der Waals surface area contributed by atoms with Gasteiger partial charge in [0.05, 0.1) is 0 Å². The van der Waals surface area contributed by atoms with Gasteiger partial charge in [-0.15, -0.1) is 0 Å². The summed E-state index contributed by atoms with van der Waals surface area (Å²) in [5, 5.41) is 22.9. The van der Waals surface area contributed by atoms with Crippen LogP contribution in [0.15, 0.2) is 36.0 Å². The minimum absolute atomic E-state index is 0.0407. The van der Waals surface area contributed by atoms with Crippen LogP contribution in [-0.2, 0) is 15.0 Å². The summed E-state index contributed by atoms with van der Waals surface area (Å²) in [6, 6.07) is 8.32. The molecule has 0 radical (unpaired) electrons. The van der Waals surface area contributed by atoms with Crippen LogP contribution < -0.4 is 10.6 Å². The van der Waals surface area contributed by atoms with Gasteiger partial charge in [0.15, 0.2) is 0 Å². The quantitative estimate of drug-likeness (QED) is 0.572. The number of hydrogen-bond acceptors (Lipinski definition) is 4. The van der Waals surface area contributed by atoms with E-state index in [4.69, 9.17) is 10.4 Å². The van der Waals surface area contributed by atoms with Gasteiger partial charge in [0.1, 0.15) is 17.7 Å². The smallest absolute Gasteiger partial charge is 0.325 e. The molecular weight excluding hydrogens is 294 g/mol. The molecule has 3 N–H and O–H groups in total. The molecule has 1 aromatic carbocycles. The molecule has 23 heavy (non-hydrogen) atoms. The highest BCUT2D eigenvalue weighted by Crippen LogP contribution is 2.23. The molecule has 6 nitrogen and oxygen atoms in total. The minimum Gasteiger partial charge on any atom is -0.480 e. The molecule has 1 atom stereocenters. The van der Waals surface area contributed by atoms with Crippen molar-refractivity contribution in [3.63, 3.8) is 0 Å². The molecule has 0 aliphatic carbocycles. The zero-order chi connectivity index (χ0) is 17.6. The van der Waals surface area contributed by atoms with Gasteiger partial charge in [0, 0.05) is 11.9 Å². The summed E-state index contributed by atoms with van der Waals surface area (Å²) in [5.41, 5.74) is 1.74. The Morgan fingerprint density at radius 2 is 1.83 bits per heavy atom. The van der Waals surface area contributed by atoms with Gasteiger partial charge >= 0.3 is 5.97 Å². The van der Waals surface area contributed by atoms with E-state index < -0.39 is 17.9 Å². The SMILES string of the molecule is CC(NC(=O)/C(C#N)=C\Nc1ccc(C(C)(C)C)cc1)C(=O)O. The van der Waals surface area contributed by atoms with Gasteiger partial charge in [-0.25, -0.2) is 0 Å². The Kier molecular flexibility index (Phi) is 5.91. The highest BCUT2D eigenvalue weighted by molar-refractivity contribution is 5.99. The van der Waals surface area contributed by atoms with E-state index in [1.54, 1.807) is 6.07 Å². The lowest BCUT2D eigenvalue weighted by molar-refractivity contribution is -0.140. The molecule has 0 bridgehead atoms. The Hall–Kier alpha value is -2.81. The van der Waals surface area contributed by atoms with Crippen molar-refractivity contribution >= 4 is 17.6 Å². The third kappa shape index (κ3) is 5.47. The fourth-order valence-corrected chi connectivity index (χ4v) is 1.71. The number of benzene rings is 1. The van der Waals surface area contributed by atoms with Crippen LogP contribution >= 0.6 is 0 Å². The predicted molar refractivity (Wildman–Crippen MR) is 87.7 cm³/mol. The highest BCUT2D eigenvalue weighted by Gasteiger charge is 2.17. The first-order chi connectivity index (χ1) is 10.6. The van der Waals surface area contributed by atoms with Gasteiger partial charge < -0.3 is 15.7 Å². The first-order valence-corrected chi connectivity index (χ1v) is 7.16. The second-order valence-electron chi connectivity index (χ2n) is 6.17. The van der Waals surface area contributed by atoms with Crippen LogP contribution in [0.25, 0.3) is 0 Å². The van der Waals surface area contributed by atoms with Gasteiger partial charge in [0.2, 0.25) is 0 Å². The molecule has 0 spiro atoms. The van der Waals surface area contributed by atoms with Crippen molar-refractivity contribution < 1.29 is 14.7 Å². The van der Waals surface area contributed by atoms with Crippen molar-refractivity contribution in [1.29, 1.82) is 5.26 Å². The summed E-state index contributed by atoms with van der Waals surface area (Å²) in [6.45, 7) is 7.65. The fraction of sp³-hybridized carbons (Fsp3) is 0.353. The standard InChI is InChI=1S/C17H21N3O3/c1-11(16(22)23)20-15(21)12(9-18)10-19-14-7-5-13(6-8-14)17(2,3)4/h5-8,10-11,19H,1-4H3,(H,20,21)(H,22,23)/b12-10-. The molecule has 0 aromatic heterocycles. The molecule has 0 aliphatic rings. The molecular formula is C17H21N3O3. The largest absolute Gasteiger partial charge is 0.480 e. The van der Waals surface area contributed by atoms with E-state index >= 15 is 0 Å². The maximum atomic E-state index is 11.8. The number of rotatable bonds is 5. The van der Waals surface area contributed by atoms with Gasteiger partial charge in [-0.2, -0.15) is 5.26 Å². The summed E-state index contributed by atoms with van der Waals surface area (Å²) in [5.74, 6) is -1.90.